The molecule has 1 heterocycles. The minimum absolute atomic E-state index is 0.0348. The largest absolute Gasteiger partial charge is 0.390 e. The number of carbonyl (C=O) groups is 1. The summed E-state index contributed by atoms with van der Waals surface area (Å²) < 4.78 is 14.9. The number of nitrogens with one attached hydrogen (secondary N) is 1. The number of rotatable bonds is 5. The number of amides is 1. The third-order valence-electron chi connectivity index (χ3n) is 3.10. The van der Waals surface area contributed by atoms with Gasteiger partial charge in [0, 0.05) is 6.42 Å². The van der Waals surface area contributed by atoms with Gasteiger partial charge in [-0.2, -0.15) is 4.68 Å². The van der Waals surface area contributed by atoms with E-state index in [-0.39, 0.29) is 30.4 Å². The highest BCUT2D eigenvalue weighted by Gasteiger charge is 2.16. The molecule has 0 aliphatic rings. The molecule has 0 atom stereocenters. The first kappa shape index (κ1) is 15.6. The number of hydrogen-bond acceptors (Lipinski definition) is 4. The molecular weight excluding hydrogens is 291 g/mol. The van der Waals surface area contributed by atoms with Crippen LogP contribution in [0, 0.1) is 29.8 Å². The van der Waals surface area contributed by atoms with Gasteiger partial charge < -0.3 is 15.4 Å². The van der Waals surface area contributed by atoms with E-state index in [1.54, 1.807) is 19.9 Å². The van der Waals surface area contributed by atoms with Crippen LogP contribution in [0.5, 0.6) is 0 Å². The molecule has 22 heavy (non-hydrogen) atoms. The van der Waals surface area contributed by atoms with Crippen molar-refractivity contribution in [2.45, 2.75) is 26.8 Å². The SMILES string of the molecule is Cc1ccc(F)c(NC(=O)CCn2nc([N+](=O)[O-])cc2C)c1. The molecule has 0 spiro atoms. The van der Waals surface area contributed by atoms with Crippen LogP contribution in [0.4, 0.5) is 15.9 Å². The highest BCUT2D eigenvalue weighted by molar-refractivity contribution is 5.90. The highest BCUT2D eigenvalue weighted by atomic mass is 19.1. The summed E-state index contributed by atoms with van der Waals surface area (Å²) in [5.74, 6) is -1.16. The van der Waals surface area contributed by atoms with Gasteiger partial charge >= 0.3 is 5.82 Å². The number of nitrogens with zero attached hydrogens (tertiary/aromatic N) is 3. The van der Waals surface area contributed by atoms with Crippen molar-refractivity contribution in [2.24, 2.45) is 0 Å². The van der Waals surface area contributed by atoms with Crippen LogP contribution in [-0.4, -0.2) is 20.6 Å². The topological polar surface area (TPSA) is 90.1 Å². The van der Waals surface area contributed by atoms with E-state index >= 15 is 0 Å². The molecule has 0 radical (unpaired) electrons. The summed E-state index contributed by atoms with van der Waals surface area (Å²) in [6.07, 6.45) is 0.0348. The molecule has 7 nitrogen and oxygen atoms in total. The lowest BCUT2D eigenvalue weighted by molar-refractivity contribution is -0.389. The lowest BCUT2D eigenvalue weighted by Crippen LogP contribution is -2.16. The minimum atomic E-state index is -0.592. The first-order chi connectivity index (χ1) is 10.4. The molecular formula is C14H15FN4O3. The smallest absolute Gasteiger partial charge is 0.358 e. The Bertz CT molecular complexity index is 727. The number of aromatic nitrogens is 2. The lowest BCUT2D eigenvalue weighted by Gasteiger charge is -2.07. The monoisotopic (exact) mass is 306 g/mol. The van der Waals surface area contributed by atoms with E-state index in [2.05, 4.69) is 10.4 Å². The molecule has 1 aromatic carbocycles. The zero-order valence-electron chi connectivity index (χ0n) is 12.2. The van der Waals surface area contributed by atoms with Crippen molar-refractivity contribution in [3.63, 3.8) is 0 Å². The molecule has 1 aromatic heterocycles. The molecule has 0 saturated heterocycles. The number of halogens is 1. The predicted molar refractivity (Wildman–Crippen MR) is 78.0 cm³/mol. The first-order valence-corrected chi connectivity index (χ1v) is 6.61. The van der Waals surface area contributed by atoms with Gasteiger partial charge in [-0.05, 0) is 36.5 Å². The maximum atomic E-state index is 13.5. The Morgan fingerprint density at radius 1 is 1.41 bits per heavy atom. The van der Waals surface area contributed by atoms with E-state index in [1.807, 2.05) is 0 Å². The van der Waals surface area contributed by atoms with Crippen molar-refractivity contribution < 1.29 is 14.1 Å². The van der Waals surface area contributed by atoms with Crippen LogP contribution in [0.2, 0.25) is 0 Å². The van der Waals surface area contributed by atoms with Gasteiger partial charge in [0.25, 0.3) is 0 Å². The van der Waals surface area contributed by atoms with Crippen molar-refractivity contribution >= 4 is 17.4 Å². The number of anilines is 1. The van der Waals surface area contributed by atoms with Crippen LogP contribution in [0.15, 0.2) is 24.3 Å². The van der Waals surface area contributed by atoms with Gasteiger partial charge in [0.15, 0.2) is 0 Å². The molecule has 116 valence electrons. The summed E-state index contributed by atoms with van der Waals surface area (Å²) in [6.45, 7) is 3.64. The third kappa shape index (κ3) is 3.66. The van der Waals surface area contributed by atoms with E-state index in [9.17, 15) is 19.3 Å². The molecule has 1 amide bonds. The zero-order valence-corrected chi connectivity index (χ0v) is 12.2. The van der Waals surface area contributed by atoms with E-state index < -0.39 is 10.7 Å². The van der Waals surface area contributed by atoms with Gasteiger partial charge in [-0.1, -0.05) is 6.07 Å². The minimum Gasteiger partial charge on any atom is -0.358 e. The molecule has 2 rings (SSSR count). The second-order valence-electron chi connectivity index (χ2n) is 4.91. The van der Waals surface area contributed by atoms with Crippen LogP contribution in [0.1, 0.15) is 17.7 Å². The number of aryl methyl sites for hydroxylation is 3. The Morgan fingerprint density at radius 2 is 2.14 bits per heavy atom. The Balaban J connectivity index is 1.98. The second-order valence-corrected chi connectivity index (χ2v) is 4.91. The summed E-state index contributed by atoms with van der Waals surface area (Å²) >= 11 is 0. The quantitative estimate of drug-likeness (QED) is 0.679. The predicted octanol–water partition coefficient (Wildman–Crippen LogP) is 2.58. The van der Waals surface area contributed by atoms with E-state index in [0.29, 0.717) is 5.69 Å². The van der Waals surface area contributed by atoms with Crippen LogP contribution < -0.4 is 5.32 Å². The number of benzene rings is 1. The third-order valence-corrected chi connectivity index (χ3v) is 3.10. The van der Waals surface area contributed by atoms with Crippen molar-refractivity contribution in [2.75, 3.05) is 5.32 Å². The van der Waals surface area contributed by atoms with Gasteiger partial charge in [-0.15, -0.1) is 0 Å². The highest BCUT2D eigenvalue weighted by Crippen LogP contribution is 2.16. The molecule has 0 unspecified atom stereocenters. The fraction of sp³-hybridized carbons (Fsp3) is 0.286. The Hall–Kier alpha value is -2.77. The Kier molecular flexibility index (Phi) is 4.50. The summed E-state index contributed by atoms with van der Waals surface area (Å²) in [5, 5.41) is 16.9. The molecule has 2 aromatic rings. The van der Waals surface area contributed by atoms with E-state index in [0.717, 1.165) is 5.56 Å². The van der Waals surface area contributed by atoms with Gasteiger partial charge in [0.2, 0.25) is 5.91 Å². The summed E-state index contributed by atoms with van der Waals surface area (Å²) in [7, 11) is 0. The van der Waals surface area contributed by atoms with E-state index in [4.69, 9.17) is 0 Å². The molecule has 0 fully saturated rings. The van der Waals surface area contributed by atoms with Crippen LogP contribution >= 0.6 is 0 Å². The maximum absolute atomic E-state index is 13.5. The molecule has 0 aliphatic heterocycles. The molecule has 0 bridgehead atoms. The summed E-state index contributed by atoms with van der Waals surface area (Å²) in [4.78, 5) is 21.9. The van der Waals surface area contributed by atoms with Crippen molar-refractivity contribution in [3.8, 4) is 0 Å². The number of nitro groups is 1. The normalized spacial score (nSPS) is 10.5. The van der Waals surface area contributed by atoms with Gasteiger partial charge in [0.05, 0.1) is 29.1 Å². The molecule has 0 saturated carbocycles. The van der Waals surface area contributed by atoms with Crippen molar-refractivity contribution in [3.05, 3.63) is 51.5 Å². The van der Waals surface area contributed by atoms with Crippen molar-refractivity contribution in [1.82, 2.24) is 9.78 Å². The Morgan fingerprint density at radius 3 is 2.77 bits per heavy atom. The first-order valence-electron chi connectivity index (χ1n) is 6.61. The number of hydrogen-bond donors (Lipinski definition) is 1. The van der Waals surface area contributed by atoms with Crippen LogP contribution in [0.25, 0.3) is 0 Å². The average molecular weight is 306 g/mol. The van der Waals surface area contributed by atoms with Gasteiger partial charge in [-0.3, -0.25) is 4.79 Å². The summed E-state index contributed by atoms with van der Waals surface area (Å²) in [6, 6.07) is 5.76. The van der Waals surface area contributed by atoms with Crippen LogP contribution in [-0.2, 0) is 11.3 Å². The van der Waals surface area contributed by atoms with E-state index in [1.165, 1.54) is 22.9 Å². The summed E-state index contributed by atoms with van der Waals surface area (Å²) in [5.41, 5.74) is 1.53. The standard InChI is InChI=1S/C14H15FN4O3/c1-9-3-4-11(15)12(7-9)16-14(20)5-6-18-10(2)8-13(17-18)19(21)22/h3-4,7-8H,5-6H2,1-2H3,(H,16,20). The average Bonchev–Trinajstić information content (AvgIpc) is 2.82. The fourth-order valence-electron chi connectivity index (χ4n) is 1.96. The Labute approximate surface area is 125 Å². The van der Waals surface area contributed by atoms with Crippen LogP contribution in [0.3, 0.4) is 0 Å². The van der Waals surface area contributed by atoms with Gasteiger partial charge in [0.1, 0.15) is 5.82 Å². The van der Waals surface area contributed by atoms with Gasteiger partial charge in [-0.25, -0.2) is 4.39 Å². The molecule has 8 heteroatoms. The molecule has 1 N–H and O–H groups in total. The molecule has 0 aliphatic carbocycles. The lowest BCUT2D eigenvalue weighted by atomic mass is 10.2. The van der Waals surface area contributed by atoms with Crippen molar-refractivity contribution in [1.29, 1.82) is 0 Å². The zero-order chi connectivity index (χ0) is 16.3. The number of carbonyl (C=O) groups excluding carboxylic acids is 1. The second kappa shape index (κ2) is 6.33. The fourth-order valence-corrected chi connectivity index (χ4v) is 1.96. The maximum Gasteiger partial charge on any atom is 0.390 e.